The van der Waals surface area contributed by atoms with E-state index in [0.29, 0.717) is 0 Å². The van der Waals surface area contributed by atoms with Crippen LogP contribution in [0.5, 0.6) is 0 Å². The van der Waals surface area contributed by atoms with E-state index < -0.39 is 23.3 Å². The van der Waals surface area contributed by atoms with Crippen molar-refractivity contribution in [1.29, 1.82) is 0 Å². The fourth-order valence-electron chi connectivity index (χ4n) is 1.55. The molecule has 0 aliphatic carbocycles. The predicted octanol–water partition coefficient (Wildman–Crippen LogP) is 2.69. The van der Waals surface area contributed by atoms with Crippen molar-refractivity contribution in [2.24, 2.45) is 5.41 Å². The predicted molar refractivity (Wildman–Crippen MR) is 77.1 cm³/mol. The first-order valence-electron chi connectivity index (χ1n) is 5.97. The largest absolute Gasteiger partial charge is 0.480 e. The van der Waals surface area contributed by atoms with Crippen molar-refractivity contribution in [3.8, 4) is 0 Å². The Kier molecular flexibility index (Phi) is 4.89. The van der Waals surface area contributed by atoms with Crippen molar-refractivity contribution >= 4 is 29.3 Å². The summed E-state index contributed by atoms with van der Waals surface area (Å²) in [5, 5.41) is 13.6. The summed E-state index contributed by atoms with van der Waals surface area (Å²) in [6, 6.07) is 1.06. The van der Waals surface area contributed by atoms with Gasteiger partial charge in [-0.25, -0.2) is 4.79 Å². The topological polar surface area (TPSA) is 66.4 Å². The number of carbonyl (C=O) groups is 2. The Hall–Kier alpha value is -1.62. The normalized spacial score (nSPS) is 13.5. The van der Waals surface area contributed by atoms with Gasteiger partial charge in [0.2, 0.25) is 5.91 Å². The number of hydrogen-bond acceptors (Lipinski definition) is 3. The third kappa shape index (κ3) is 4.52. The van der Waals surface area contributed by atoms with E-state index in [1.54, 1.807) is 26.8 Å². The second-order valence-corrected chi connectivity index (χ2v) is 6.39. The van der Waals surface area contributed by atoms with Crippen molar-refractivity contribution in [2.75, 3.05) is 0 Å². The third-order valence-corrected chi connectivity index (χ3v) is 3.67. The lowest BCUT2D eigenvalue weighted by Crippen LogP contribution is -2.48. The van der Waals surface area contributed by atoms with Crippen LogP contribution in [0.2, 0.25) is 0 Å². The number of rotatable bonds is 4. The van der Waals surface area contributed by atoms with Crippen LogP contribution in [0.15, 0.2) is 17.5 Å². The summed E-state index contributed by atoms with van der Waals surface area (Å²) < 4.78 is 0. The SMILES string of the molecule is Cc1ccsc1/C=C/C(=O)NC(C(=O)O)C(C)(C)C. The molecule has 2 N–H and O–H groups in total. The van der Waals surface area contributed by atoms with E-state index >= 15 is 0 Å². The molecule has 1 rings (SSSR count). The van der Waals surface area contributed by atoms with Gasteiger partial charge < -0.3 is 10.4 Å². The van der Waals surface area contributed by atoms with Crippen molar-refractivity contribution in [2.45, 2.75) is 33.7 Å². The molecule has 0 saturated carbocycles. The molecule has 19 heavy (non-hydrogen) atoms. The summed E-state index contributed by atoms with van der Waals surface area (Å²) in [7, 11) is 0. The third-order valence-electron chi connectivity index (χ3n) is 2.69. The van der Waals surface area contributed by atoms with Gasteiger partial charge in [-0.05, 0) is 35.4 Å². The summed E-state index contributed by atoms with van der Waals surface area (Å²) >= 11 is 1.54. The molecule has 0 aliphatic rings. The van der Waals surface area contributed by atoms with Crippen LogP contribution in [0.3, 0.4) is 0 Å². The maximum Gasteiger partial charge on any atom is 0.326 e. The van der Waals surface area contributed by atoms with Crippen LogP contribution in [0.4, 0.5) is 0 Å². The van der Waals surface area contributed by atoms with E-state index in [2.05, 4.69) is 5.32 Å². The van der Waals surface area contributed by atoms with E-state index in [0.717, 1.165) is 10.4 Å². The van der Waals surface area contributed by atoms with Crippen LogP contribution >= 0.6 is 11.3 Å². The minimum absolute atomic E-state index is 0.393. The highest BCUT2D eigenvalue weighted by Crippen LogP contribution is 2.20. The average Bonchev–Trinajstić information content (AvgIpc) is 2.67. The second kappa shape index (κ2) is 6.02. The molecule has 1 aromatic rings. The van der Waals surface area contributed by atoms with E-state index in [-0.39, 0.29) is 0 Å². The zero-order valence-corrected chi connectivity index (χ0v) is 12.4. The number of carboxylic acid groups (broad SMARTS) is 1. The van der Waals surface area contributed by atoms with Crippen molar-refractivity contribution in [3.05, 3.63) is 28.0 Å². The monoisotopic (exact) mass is 281 g/mol. The molecule has 0 fully saturated rings. The molecule has 5 heteroatoms. The highest BCUT2D eigenvalue weighted by atomic mass is 32.1. The number of amides is 1. The van der Waals surface area contributed by atoms with Gasteiger partial charge in [0.25, 0.3) is 0 Å². The molecule has 1 heterocycles. The van der Waals surface area contributed by atoms with Gasteiger partial charge in [-0.1, -0.05) is 20.8 Å². The quantitative estimate of drug-likeness (QED) is 0.834. The first kappa shape index (κ1) is 15.4. The summed E-state index contributed by atoms with van der Waals surface area (Å²) in [6.45, 7) is 7.29. The minimum atomic E-state index is -1.03. The van der Waals surface area contributed by atoms with Crippen molar-refractivity contribution < 1.29 is 14.7 Å². The fraction of sp³-hybridized carbons (Fsp3) is 0.429. The van der Waals surface area contributed by atoms with E-state index in [9.17, 15) is 9.59 Å². The Morgan fingerprint density at radius 3 is 2.47 bits per heavy atom. The Morgan fingerprint density at radius 2 is 2.05 bits per heavy atom. The van der Waals surface area contributed by atoms with E-state index in [1.807, 2.05) is 18.4 Å². The maximum atomic E-state index is 11.8. The summed E-state index contributed by atoms with van der Waals surface area (Å²) in [6.07, 6.45) is 3.08. The number of nitrogens with one attached hydrogen (secondary N) is 1. The Bertz CT molecular complexity index is 497. The van der Waals surface area contributed by atoms with Gasteiger partial charge in [0, 0.05) is 11.0 Å². The number of aliphatic carboxylic acids is 1. The lowest BCUT2D eigenvalue weighted by Gasteiger charge is -2.27. The van der Waals surface area contributed by atoms with Gasteiger partial charge in [0.1, 0.15) is 6.04 Å². The standard InChI is InChI=1S/C14H19NO3S/c1-9-7-8-19-10(9)5-6-11(16)15-12(13(17)18)14(2,3)4/h5-8,12H,1-4H3,(H,15,16)(H,17,18)/b6-5+. The Morgan fingerprint density at radius 1 is 1.42 bits per heavy atom. The molecule has 104 valence electrons. The van der Waals surface area contributed by atoms with Gasteiger partial charge in [0.15, 0.2) is 0 Å². The highest BCUT2D eigenvalue weighted by Gasteiger charge is 2.31. The second-order valence-electron chi connectivity index (χ2n) is 5.45. The lowest BCUT2D eigenvalue weighted by molar-refractivity contribution is -0.144. The number of thiophene rings is 1. The molecule has 0 bridgehead atoms. The number of carboxylic acids is 1. The zero-order valence-electron chi connectivity index (χ0n) is 11.6. The smallest absolute Gasteiger partial charge is 0.326 e. The molecule has 0 saturated heterocycles. The van der Waals surface area contributed by atoms with Gasteiger partial charge in [0.05, 0.1) is 0 Å². The molecule has 4 nitrogen and oxygen atoms in total. The molecular weight excluding hydrogens is 262 g/mol. The number of carbonyl (C=O) groups excluding carboxylic acids is 1. The molecule has 1 amide bonds. The van der Waals surface area contributed by atoms with Crippen LogP contribution in [0.25, 0.3) is 6.08 Å². The van der Waals surface area contributed by atoms with Gasteiger partial charge >= 0.3 is 5.97 Å². The summed E-state index contributed by atoms with van der Waals surface area (Å²) in [5.74, 6) is -1.42. The lowest BCUT2D eigenvalue weighted by atomic mass is 9.87. The average molecular weight is 281 g/mol. The van der Waals surface area contributed by atoms with Gasteiger partial charge in [-0.3, -0.25) is 4.79 Å². The maximum absolute atomic E-state index is 11.8. The van der Waals surface area contributed by atoms with E-state index in [1.165, 1.54) is 17.4 Å². The number of hydrogen-bond donors (Lipinski definition) is 2. The van der Waals surface area contributed by atoms with Gasteiger partial charge in [-0.15, -0.1) is 11.3 Å². The van der Waals surface area contributed by atoms with Crippen LogP contribution in [-0.4, -0.2) is 23.0 Å². The molecular formula is C14H19NO3S. The number of aryl methyl sites for hydroxylation is 1. The Balaban J connectivity index is 2.72. The first-order valence-corrected chi connectivity index (χ1v) is 6.85. The summed E-state index contributed by atoms with van der Waals surface area (Å²) in [5.41, 5.74) is 0.563. The zero-order chi connectivity index (χ0) is 14.6. The van der Waals surface area contributed by atoms with Crippen molar-refractivity contribution in [1.82, 2.24) is 5.32 Å². The van der Waals surface area contributed by atoms with Gasteiger partial charge in [-0.2, -0.15) is 0 Å². The highest BCUT2D eigenvalue weighted by molar-refractivity contribution is 7.11. The molecule has 0 radical (unpaired) electrons. The first-order chi connectivity index (χ1) is 8.71. The molecule has 0 spiro atoms. The summed E-state index contributed by atoms with van der Waals surface area (Å²) in [4.78, 5) is 23.9. The van der Waals surface area contributed by atoms with Crippen LogP contribution in [0, 0.1) is 12.3 Å². The molecule has 1 unspecified atom stereocenters. The Labute approximate surface area is 117 Å². The van der Waals surface area contributed by atoms with Crippen molar-refractivity contribution in [3.63, 3.8) is 0 Å². The molecule has 0 aromatic carbocycles. The van der Waals surface area contributed by atoms with Crippen LogP contribution in [-0.2, 0) is 9.59 Å². The minimum Gasteiger partial charge on any atom is -0.480 e. The van der Waals surface area contributed by atoms with Crippen LogP contribution in [0.1, 0.15) is 31.2 Å². The van der Waals surface area contributed by atoms with E-state index in [4.69, 9.17) is 5.11 Å². The fourth-order valence-corrected chi connectivity index (χ4v) is 2.36. The molecule has 1 atom stereocenters. The molecule has 0 aliphatic heterocycles. The van der Waals surface area contributed by atoms with Crippen LogP contribution < -0.4 is 5.32 Å². The molecule has 1 aromatic heterocycles.